The van der Waals surface area contributed by atoms with Crippen LogP contribution in [0.4, 0.5) is 0 Å². The van der Waals surface area contributed by atoms with E-state index in [9.17, 15) is 0 Å². The van der Waals surface area contributed by atoms with Crippen LogP contribution in [0.3, 0.4) is 0 Å². The van der Waals surface area contributed by atoms with Crippen molar-refractivity contribution in [3.05, 3.63) is 107 Å². The van der Waals surface area contributed by atoms with E-state index in [1.807, 2.05) is 18.2 Å². The number of hydrogen-bond donors (Lipinski definition) is 2. The second kappa shape index (κ2) is 8.39. The van der Waals surface area contributed by atoms with E-state index in [4.69, 9.17) is 11.6 Å². The van der Waals surface area contributed by atoms with E-state index < -0.39 is 0 Å². The summed E-state index contributed by atoms with van der Waals surface area (Å²) in [6.07, 6.45) is 5.40. The Bertz CT molecular complexity index is 1300. The predicted molar refractivity (Wildman–Crippen MR) is 126 cm³/mol. The van der Waals surface area contributed by atoms with E-state index in [1.165, 1.54) is 38.5 Å². The zero-order valence-corrected chi connectivity index (χ0v) is 17.5. The van der Waals surface area contributed by atoms with Crippen molar-refractivity contribution in [1.82, 2.24) is 14.9 Å². The van der Waals surface area contributed by atoms with Crippen molar-refractivity contribution in [1.29, 1.82) is 0 Å². The number of nitrogens with zero attached hydrogens (tertiary/aromatic N) is 1. The molecule has 30 heavy (non-hydrogen) atoms. The second-order valence-electron chi connectivity index (χ2n) is 7.72. The van der Waals surface area contributed by atoms with Crippen LogP contribution < -0.4 is 5.32 Å². The van der Waals surface area contributed by atoms with E-state index in [-0.39, 0.29) is 0 Å². The summed E-state index contributed by atoms with van der Waals surface area (Å²) in [4.78, 5) is 3.36. The van der Waals surface area contributed by atoms with Crippen LogP contribution in [0.2, 0.25) is 5.02 Å². The lowest BCUT2D eigenvalue weighted by Crippen LogP contribution is -2.16. The molecule has 0 aliphatic carbocycles. The van der Waals surface area contributed by atoms with Gasteiger partial charge in [0.15, 0.2) is 0 Å². The number of H-pyrrole nitrogens is 1. The van der Waals surface area contributed by atoms with Crippen molar-refractivity contribution < 1.29 is 0 Å². The third-order valence-corrected chi connectivity index (χ3v) is 5.91. The Balaban J connectivity index is 1.30. The molecule has 0 aliphatic heterocycles. The molecule has 0 aliphatic rings. The number of aromatic nitrogens is 2. The van der Waals surface area contributed by atoms with Gasteiger partial charge in [0, 0.05) is 52.3 Å². The predicted octanol–water partition coefficient (Wildman–Crippen LogP) is 6.16. The first-order chi connectivity index (χ1) is 14.8. The van der Waals surface area contributed by atoms with E-state index in [1.54, 1.807) is 0 Å². The highest BCUT2D eigenvalue weighted by Crippen LogP contribution is 2.23. The maximum atomic E-state index is 6.18. The molecule has 0 saturated heterocycles. The van der Waals surface area contributed by atoms with E-state index in [2.05, 4.69) is 81.9 Å². The van der Waals surface area contributed by atoms with Gasteiger partial charge in [-0.05, 0) is 53.9 Å². The van der Waals surface area contributed by atoms with Gasteiger partial charge in [0.05, 0.1) is 0 Å². The maximum Gasteiger partial charge on any atom is 0.0486 e. The van der Waals surface area contributed by atoms with Gasteiger partial charge in [-0.2, -0.15) is 0 Å². The molecule has 2 aromatic heterocycles. The average Bonchev–Trinajstić information content (AvgIpc) is 3.33. The largest absolute Gasteiger partial charge is 0.361 e. The Labute approximate surface area is 181 Å². The molecular formula is C26H24ClN3. The number of halogens is 1. The third kappa shape index (κ3) is 3.87. The summed E-state index contributed by atoms with van der Waals surface area (Å²) in [5.74, 6) is 0. The summed E-state index contributed by atoms with van der Waals surface area (Å²) in [7, 11) is 0. The van der Waals surface area contributed by atoms with Gasteiger partial charge in [-0.15, -0.1) is 0 Å². The minimum atomic E-state index is 0.781. The van der Waals surface area contributed by atoms with Crippen molar-refractivity contribution in [3.63, 3.8) is 0 Å². The van der Waals surface area contributed by atoms with Crippen molar-refractivity contribution in [2.45, 2.75) is 19.5 Å². The molecule has 0 fully saturated rings. The molecule has 5 aromatic rings. The van der Waals surface area contributed by atoms with Crippen molar-refractivity contribution in [2.75, 3.05) is 6.54 Å². The van der Waals surface area contributed by atoms with Crippen molar-refractivity contribution >= 4 is 33.4 Å². The Kier molecular flexibility index (Phi) is 5.31. The number of aromatic amines is 1. The van der Waals surface area contributed by atoms with Gasteiger partial charge < -0.3 is 14.9 Å². The van der Waals surface area contributed by atoms with Crippen LogP contribution in [0.15, 0.2) is 85.2 Å². The first-order valence-corrected chi connectivity index (χ1v) is 10.7. The van der Waals surface area contributed by atoms with Crippen LogP contribution in [-0.2, 0) is 19.5 Å². The highest BCUT2D eigenvalue weighted by molar-refractivity contribution is 6.30. The fourth-order valence-corrected chi connectivity index (χ4v) is 4.42. The minimum absolute atomic E-state index is 0.781. The summed E-state index contributed by atoms with van der Waals surface area (Å²) in [5, 5.41) is 7.04. The fraction of sp³-hybridized carbons (Fsp3) is 0.154. The second-order valence-corrected chi connectivity index (χ2v) is 8.15. The van der Waals surface area contributed by atoms with E-state index in [0.29, 0.717) is 0 Å². The molecule has 5 rings (SSSR count). The number of benzene rings is 3. The first-order valence-electron chi connectivity index (χ1n) is 10.3. The Morgan fingerprint density at radius 1 is 0.867 bits per heavy atom. The highest BCUT2D eigenvalue weighted by Gasteiger charge is 2.09. The van der Waals surface area contributed by atoms with Crippen molar-refractivity contribution in [2.24, 2.45) is 0 Å². The zero-order valence-electron chi connectivity index (χ0n) is 16.7. The van der Waals surface area contributed by atoms with Crippen LogP contribution in [-0.4, -0.2) is 16.1 Å². The summed E-state index contributed by atoms with van der Waals surface area (Å²) < 4.78 is 2.32. The fourth-order valence-electron chi connectivity index (χ4n) is 4.21. The summed E-state index contributed by atoms with van der Waals surface area (Å²) >= 11 is 6.18. The Hall–Kier alpha value is -3.01. The van der Waals surface area contributed by atoms with E-state index in [0.717, 1.165) is 31.1 Å². The van der Waals surface area contributed by atoms with Gasteiger partial charge in [-0.1, -0.05) is 60.1 Å². The normalized spacial score (nSPS) is 11.5. The lowest BCUT2D eigenvalue weighted by atomic mass is 10.1. The average molecular weight is 414 g/mol. The summed E-state index contributed by atoms with van der Waals surface area (Å²) in [5.41, 5.74) is 6.36. The van der Waals surface area contributed by atoms with Crippen LogP contribution in [0, 0.1) is 0 Å². The number of rotatable bonds is 7. The molecule has 2 heterocycles. The number of nitrogens with one attached hydrogen (secondary N) is 2. The highest BCUT2D eigenvalue weighted by atomic mass is 35.5. The minimum Gasteiger partial charge on any atom is -0.361 e. The van der Waals surface area contributed by atoms with Gasteiger partial charge in [0.2, 0.25) is 0 Å². The number of fused-ring (bicyclic) bond motifs is 2. The standard InChI is InChI=1S/C26H24ClN3/c27-22-7-5-6-19(14-22)17-30-18-21(24-9-2-4-11-26(24)30)15-28-13-12-20-16-29-25-10-3-1-8-23(20)25/h1-11,14,16,18,28-29H,12-13,15,17H2. The van der Waals surface area contributed by atoms with E-state index >= 15 is 0 Å². The van der Waals surface area contributed by atoms with Crippen LogP contribution in [0.25, 0.3) is 21.8 Å². The molecule has 0 radical (unpaired) electrons. The molecule has 0 saturated carbocycles. The Morgan fingerprint density at radius 3 is 2.60 bits per heavy atom. The molecule has 0 spiro atoms. The summed E-state index contributed by atoms with van der Waals surface area (Å²) in [6, 6.07) is 25.2. The van der Waals surface area contributed by atoms with Crippen molar-refractivity contribution in [3.8, 4) is 0 Å². The topological polar surface area (TPSA) is 32.8 Å². The van der Waals surface area contributed by atoms with Crippen LogP contribution in [0.5, 0.6) is 0 Å². The smallest absolute Gasteiger partial charge is 0.0486 e. The molecule has 4 heteroatoms. The quantitative estimate of drug-likeness (QED) is 0.308. The molecule has 3 aromatic carbocycles. The molecule has 0 bridgehead atoms. The maximum absolute atomic E-state index is 6.18. The molecule has 3 nitrogen and oxygen atoms in total. The SMILES string of the molecule is Clc1cccc(Cn2cc(CNCCc3c[nH]c4ccccc34)c3ccccc32)c1. The van der Waals surface area contributed by atoms with Crippen LogP contribution in [0.1, 0.15) is 16.7 Å². The summed E-state index contributed by atoms with van der Waals surface area (Å²) in [6.45, 7) is 2.61. The van der Waals surface area contributed by atoms with Gasteiger partial charge in [0.25, 0.3) is 0 Å². The van der Waals surface area contributed by atoms with Gasteiger partial charge in [-0.25, -0.2) is 0 Å². The number of hydrogen-bond acceptors (Lipinski definition) is 1. The van der Waals surface area contributed by atoms with Gasteiger partial charge in [-0.3, -0.25) is 0 Å². The third-order valence-electron chi connectivity index (χ3n) is 5.67. The van der Waals surface area contributed by atoms with Crippen LogP contribution >= 0.6 is 11.6 Å². The molecule has 2 N–H and O–H groups in total. The molecule has 150 valence electrons. The number of para-hydroxylation sites is 2. The molecular weight excluding hydrogens is 390 g/mol. The lowest BCUT2D eigenvalue weighted by molar-refractivity contribution is 0.688. The molecule has 0 amide bonds. The Morgan fingerprint density at radius 2 is 1.70 bits per heavy atom. The van der Waals surface area contributed by atoms with Gasteiger partial charge in [0.1, 0.15) is 0 Å². The van der Waals surface area contributed by atoms with Gasteiger partial charge >= 0.3 is 0 Å². The molecule has 0 unspecified atom stereocenters. The monoisotopic (exact) mass is 413 g/mol. The first kappa shape index (κ1) is 19.0. The zero-order chi connectivity index (χ0) is 20.3. The lowest BCUT2D eigenvalue weighted by Gasteiger charge is -2.06. The molecule has 0 atom stereocenters.